The standard InChI is InChI=1S/C7H10F3IO2/c1-4(7(8,9)10)13-6-3-12-2-5(6)11/h4-6H,2-3H2,1H3. The molecule has 3 atom stereocenters. The molecule has 0 amide bonds. The molecule has 1 fully saturated rings. The number of hydrogen-bond donors (Lipinski definition) is 0. The third-order valence-corrected chi connectivity index (χ3v) is 2.96. The average Bonchev–Trinajstić information content (AvgIpc) is 2.34. The molecule has 1 heterocycles. The van der Waals surface area contributed by atoms with E-state index in [1.165, 1.54) is 0 Å². The van der Waals surface area contributed by atoms with E-state index < -0.39 is 18.4 Å². The first kappa shape index (κ1) is 11.5. The molecule has 2 nitrogen and oxygen atoms in total. The van der Waals surface area contributed by atoms with Gasteiger partial charge in [0, 0.05) is 0 Å². The molecule has 1 aliphatic heterocycles. The second-order valence-corrected chi connectivity index (χ2v) is 4.51. The third-order valence-electron chi connectivity index (χ3n) is 1.80. The van der Waals surface area contributed by atoms with Gasteiger partial charge in [0.15, 0.2) is 6.10 Å². The zero-order chi connectivity index (χ0) is 10.1. The quantitative estimate of drug-likeness (QED) is 0.575. The van der Waals surface area contributed by atoms with E-state index in [0.29, 0.717) is 6.61 Å². The maximum Gasteiger partial charge on any atom is 0.414 e. The Morgan fingerprint density at radius 2 is 2.08 bits per heavy atom. The summed E-state index contributed by atoms with van der Waals surface area (Å²) in [6, 6.07) is 0. The highest BCUT2D eigenvalue weighted by Crippen LogP contribution is 2.27. The van der Waals surface area contributed by atoms with Gasteiger partial charge in [0.25, 0.3) is 0 Å². The van der Waals surface area contributed by atoms with Gasteiger partial charge in [-0.2, -0.15) is 13.2 Å². The number of rotatable bonds is 2. The van der Waals surface area contributed by atoms with Gasteiger partial charge in [-0.05, 0) is 6.92 Å². The fraction of sp³-hybridized carbons (Fsp3) is 1.00. The molecule has 0 bridgehead atoms. The van der Waals surface area contributed by atoms with Crippen LogP contribution in [0.1, 0.15) is 6.92 Å². The van der Waals surface area contributed by atoms with Crippen LogP contribution >= 0.6 is 22.6 Å². The van der Waals surface area contributed by atoms with Crippen molar-refractivity contribution in [1.29, 1.82) is 0 Å². The van der Waals surface area contributed by atoms with Gasteiger partial charge in [0.1, 0.15) is 0 Å². The lowest BCUT2D eigenvalue weighted by atomic mass is 10.3. The SMILES string of the molecule is CC(OC1COCC1I)C(F)(F)F. The van der Waals surface area contributed by atoms with E-state index in [1.54, 1.807) is 0 Å². The monoisotopic (exact) mass is 310 g/mol. The van der Waals surface area contributed by atoms with Crippen LogP contribution in [0.3, 0.4) is 0 Å². The number of alkyl halides is 4. The van der Waals surface area contributed by atoms with Crippen LogP contribution in [-0.4, -0.2) is 35.5 Å². The summed E-state index contributed by atoms with van der Waals surface area (Å²) >= 11 is 2.04. The molecule has 0 saturated carbocycles. The smallest absolute Gasteiger partial charge is 0.378 e. The summed E-state index contributed by atoms with van der Waals surface area (Å²) < 4.78 is 46.0. The lowest BCUT2D eigenvalue weighted by Gasteiger charge is -2.21. The van der Waals surface area contributed by atoms with Crippen molar-refractivity contribution >= 4 is 22.6 Å². The zero-order valence-corrected chi connectivity index (χ0v) is 9.13. The summed E-state index contributed by atoms with van der Waals surface area (Å²) in [5.41, 5.74) is 0. The Labute approximate surface area is 87.9 Å². The number of hydrogen-bond acceptors (Lipinski definition) is 2. The summed E-state index contributed by atoms with van der Waals surface area (Å²) in [5, 5.41) is 0. The maximum absolute atomic E-state index is 12.1. The first-order valence-corrected chi connectivity index (χ1v) is 5.10. The molecule has 0 N–H and O–H groups in total. The zero-order valence-electron chi connectivity index (χ0n) is 6.97. The van der Waals surface area contributed by atoms with Gasteiger partial charge in [-0.25, -0.2) is 0 Å². The van der Waals surface area contributed by atoms with Crippen molar-refractivity contribution in [2.45, 2.75) is 29.2 Å². The van der Waals surface area contributed by atoms with E-state index in [9.17, 15) is 13.2 Å². The van der Waals surface area contributed by atoms with Gasteiger partial charge in [0.2, 0.25) is 0 Å². The Balaban J connectivity index is 2.40. The van der Waals surface area contributed by atoms with Crippen molar-refractivity contribution < 1.29 is 22.6 Å². The van der Waals surface area contributed by atoms with E-state index in [2.05, 4.69) is 0 Å². The molecular weight excluding hydrogens is 300 g/mol. The molecule has 0 aromatic heterocycles. The van der Waals surface area contributed by atoms with Crippen molar-refractivity contribution in [2.75, 3.05) is 13.2 Å². The molecule has 0 aromatic carbocycles. The molecule has 1 aliphatic rings. The van der Waals surface area contributed by atoms with Crippen molar-refractivity contribution in [1.82, 2.24) is 0 Å². The Morgan fingerprint density at radius 3 is 2.46 bits per heavy atom. The van der Waals surface area contributed by atoms with Gasteiger partial charge >= 0.3 is 6.18 Å². The van der Waals surface area contributed by atoms with E-state index in [-0.39, 0.29) is 10.5 Å². The van der Waals surface area contributed by atoms with E-state index >= 15 is 0 Å². The van der Waals surface area contributed by atoms with Gasteiger partial charge in [0.05, 0.1) is 23.2 Å². The van der Waals surface area contributed by atoms with Crippen LogP contribution < -0.4 is 0 Å². The Hall–Kier alpha value is 0.440. The van der Waals surface area contributed by atoms with Crippen LogP contribution in [0.15, 0.2) is 0 Å². The molecule has 3 unspecified atom stereocenters. The highest BCUT2D eigenvalue weighted by molar-refractivity contribution is 14.1. The van der Waals surface area contributed by atoms with Crippen LogP contribution in [0.25, 0.3) is 0 Å². The predicted molar refractivity (Wildman–Crippen MR) is 49.0 cm³/mol. The second-order valence-electron chi connectivity index (χ2n) is 2.91. The average molecular weight is 310 g/mol. The first-order valence-electron chi connectivity index (χ1n) is 3.85. The molecule has 0 spiro atoms. The minimum atomic E-state index is -4.28. The van der Waals surface area contributed by atoms with Gasteiger partial charge < -0.3 is 9.47 Å². The summed E-state index contributed by atoms with van der Waals surface area (Å²) in [4.78, 5) is 0. The Kier molecular flexibility index (Phi) is 3.82. The minimum Gasteiger partial charge on any atom is -0.378 e. The minimum absolute atomic E-state index is 0.0161. The largest absolute Gasteiger partial charge is 0.414 e. The van der Waals surface area contributed by atoms with E-state index in [0.717, 1.165) is 6.92 Å². The van der Waals surface area contributed by atoms with Gasteiger partial charge in [-0.15, -0.1) is 0 Å². The topological polar surface area (TPSA) is 18.5 Å². The van der Waals surface area contributed by atoms with Crippen molar-refractivity contribution in [3.05, 3.63) is 0 Å². The van der Waals surface area contributed by atoms with Crippen LogP contribution in [0.2, 0.25) is 0 Å². The Bertz CT molecular complexity index is 174. The third kappa shape index (κ3) is 3.25. The Morgan fingerprint density at radius 1 is 1.46 bits per heavy atom. The number of ether oxygens (including phenoxy) is 2. The highest BCUT2D eigenvalue weighted by atomic mass is 127. The summed E-state index contributed by atoms with van der Waals surface area (Å²) in [6.45, 7) is 1.74. The molecule has 78 valence electrons. The van der Waals surface area contributed by atoms with E-state index in [1.807, 2.05) is 22.6 Å². The molecule has 13 heavy (non-hydrogen) atoms. The molecule has 6 heteroatoms. The second kappa shape index (κ2) is 4.31. The van der Waals surface area contributed by atoms with Crippen molar-refractivity contribution in [2.24, 2.45) is 0 Å². The van der Waals surface area contributed by atoms with Gasteiger partial charge in [-0.3, -0.25) is 0 Å². The lowest BCUT2D eigenvalue weighted by molar-refractivity contribution is -0.225. The molecule has 0 radical (unpaired) electrons. The molecular formula is C7H10F3IO2. The van der Waals surface area contributed by atoms with Crippen molar-refractivity contribution in [3.8, 4) is 0 Å². The molecule has 0 aromatic rings. The van der Waals surface area contributed by atoms with Gasteiger partial charge in [-0.1, -0.05) is 22.6 Å². The van der Waals surface area contributed by atoms with Crippen LogP contribution in [-0.2, 0) is 9.47 Å². The van der Waals surface area contributed by atoms with E-state index in [4.69, 9.17) is 9.47 Å². The molecule has 0 aliphatic carbocycles. The lowest BCUT2D eigenvalue weighted by Crippen LogP contribution is -2.35. The first-order chi connectivity index (χ1) is 5.91. The summed E-state index contributed by atoms with van der Waals surface area (Å²) in [5.74, 6) is 0. The normalized spacial score (nSPS) is 32.1. The summed E-state index contributed by atoms with van der Waals surface area (Å²) in [7, 11) is 0. The summed E-state index contributed by atoms with van der Waals surface area (Å²) in [6.07, 6.45) is -6.42. The molecule has 1 rings (SSSR count). The highest BCUT2D eigenvalue weighted by Gasteiger charge is 2.40. The molecule has 1 saturated heterocycles. The number of halogens is 4. The fourth-order valence-corrected chi connectivity index (χ4v) is 1.60. The van der Waals surface area contributed by atoms with Crippen LogP contribution in [0.4, 0.5) is 13.2 Å². The van der Waals surface area contributed by atoms with Crippen molar-refractivity contribution in [3.63, 3.8) is 0 Å². The fourth-order valence-electron chi connectivity index (χ4n) is 0.972. The van der Waals surface area contributed by atoms with Crippen LogP contribution in [0.5, 0.6) is 0 Å². The van der Waals surface area contributed by atoms with Crippen LogP contribution in [0, 0.1) is 0 Å². The predicted octanol–water partition coefficient (Wildman–Crippen LogP) is 2.16. The maximum atomic E-state index is 12.1.